The minimum Gasteiger partial charge on any atom is -0.478 e. The van der Waals surface area contributed by atoms with Crippen molar-refractivity contribution in [3.63, 3.8) is 0 Å². The lowest BCUT2D eigenvalue weighted by Gasteiger charge is -2.28. The molecular weight excluding hydrogens is 202 g/mol. The molecule has 1 saturated heterocycles. The Morgan fingerprint density at radius 2 is 2.29 bits per heavy atom. The van der Waals surface area contributed by atoms with Crippen molar-refractivity contribution in [1.29, 1.82) is 0 Å². The quantitative estimate of drug-likeness (QED) is 0.788. The molecule has 74 valence electrons. The maximum atomic E-state index is 10.7. The standard InChI is InChI=1S/C10H10ClNO2/c11-8-5-6(9-3-4-12-9)1-2-7(8)10(13)14/h1-2,5,9,12H,3-4H2,(H,13,14)/t9-/m0/s1. The summed E-state index contributed by atoms with van der Waals surface area (Å²) in [6.45, 7) is 1.02. The van der Waals surface area contributed by atoms with Crippen LogP contribution in [0, 0.1) is 0 Å². The predicted octanol–water partition coefficient (Wildman–Crippen LogP) is 2.07. The van der Waals surface area contributed by atoms with E-state index in [9.17, 15) is 4.79 Å². The first-order valence-electron chi connectivity index (χ1n) is 4.44. The molecule has 1 aromatic carbocycles. The smallest absolute Gasteiger partial charge is 0.337 e. The first-order valence-corrected chi connectivity index (χ1v) is 4.82. The monoisotopic (exact) mass is 211 g/mol. The van der Waals surface area contributed by atoms with E-state index < -0.39 is 5.97 Å². The number of nitrogens with one attached hydrogen (secondary N) is 1. The molecule has 0 unspecified atom stereocenters. The number of rotatable bonds is 2. The molecule has 0 aliphatic carbocycles. The summed E-state index contributed by atoms with van der Waals surface area (Å²) in [5.41, 5.74) is 1.22. The van der Waals surface area contributed by atoms with Gasteiger partial charge in [-0.1, -0.05) is 17.7 Å². The second-order valence-corrected chi connectivity index (χ2v) is 3.75. The minimum atomic E-state index is -0.983. The summed E-state index contributed by atoms with van der Waals surface area (Å²) in [6, 6.07) is 5.43. The van der Waals surface area contributed by atoms with Crippen molar-refractivity contribution in [3.05, 3.63) is 34.3 Å². The summed E-state index contributed by atoms with van der Waals surface area (Å²) in [7, 11) is 0. The molecule has 2 N–H and O–H groups in total. The summed E-state index contributed by atoms with van der Waals surface area (Å²) < 4.78 is 0. The van der Waals surface area contributed by atoms with E-state index in [-0.39, 0.29) is 5.56 Å². The van der Waals surface area contributed by atoms with Crippen LogP contribution in [0.2, 0.25) is 5.02 Å². The van der Waals surface area contributed by atoms with Crippen molar-refractivity contribution in [3.8, 4) is 0 Å². The number of hydrogen-bond donors (Lipinski definition) is 2. The third-order valence-corrected chi connectivity index (χ3v) is 2.76. The van der Waals surface area contributed by atoms with Crippen LogP contribution in [0.5, 0.6) is 0 Å². The van der Waals surface area contributed by atoms with E-state index in [1.165, 1.54) is 0 Å². The third kappa shape index (κ3) is 1.61. The molecule has 0 bridgehead atoms. The van der Waals surface area contributed by atoms with E-state index >= 15 is 0 Å². The number of carbonyl (C=O) groups is 1. The molecule has 1 aliphatic heterocycles. The highest BCUT2D eigenvalue weighted by molar-refractivity contribution is 6.33. The Morgan fingerprint density at radius 1 is 1.57 bits per heavy atom. The van der Waals surface area contributed by atoms with Gasteiger partial charge >= 0.3 is 5.97 Å². The number of aromatic carboxylic acids is 1. The van der Waals surface area contributed by atoms with Crippen LogP contribution in [0.15, 0.2) is 18.2 Å². The van der Waals surface area contributed by atoms with Crippen molar-refractivity contribution < 1.29 is 9.90 Å². The topological polar surface area (TPSA) is 49.3 Å². The summed E-state index contributed by atoms with van der Waals surface area (Å²) in [4.78, 5) is 10.7. The lowest BCUT2D eigenvalue weighted by Crippen LogP contribution is -2.34. The fourth-order valence-corrected chi connectivity index (χ4v) is 1.76. The Labute approximate surface area is 86.7 Å². The number of halogens is 1. The van der Waals surface area contributed by atoms with Gasteiger partial charge in [0.25, 0.3) is 0 Å². The highest BCUT2D eigenvalue weighted by Crippen LogP contribution is 2.27. The summed E-state index contributed by atoms with van der Waals surface area (Å²) >= 11 is 5.84. The van der Waals surface area contributed by atoms with E-state index in [0.29, 0.717) is 11.1 Å². The van der Waals surface area contributed by atoms with Gasteiger partial charge in [-0.3, -0.25) is 0 Å². The van der Waals surface area contributed by atoms with E-state index in [2.05, 4.69) is 5.32 Å². The Bertz CT molecular complexity index is 374. The second-order valence-electron chi connectivity index (χ2n) is 3.34. The van der Waals surface area contributed by atoms with Crippen LogP contribution in [0.3, 0.4) is 0 Å². The number of benzene rings is 1. The zero-order chi connectivity index (χ0) is 10.1. The van der Waals surface area contributed by atoms with Crippen molar-refractivity contribution >= 4 is 17.6 Å². The van der Waals surface area contributed by atoms with E-state index in [4.69, 9.17) is 16.7 Å². The largest absolute Gasteiger partial charge is 0.478 e. The highest BCUT2D eigenvalue weighted by Gasteiger charge is 2.19. The Kier molecular flexibility index (Phi) is 2.44. The van der Waals surface area contributed by atoms with E-state index in [0.717, 1.165) is 18.5 Å². The molecule has 1 aromatic rings. The Balaban J connectivity index is 2.30. The van der Waals surface area contributed by atoms with Gasteiger partial charge in [-0.15, -0.1) is 0 Å². The predicted molar refractivity (Wildman–Crippen MR) is 53.8 cm³/mol. The first-order chi connectivity index (χ1) is 6.68. The molecule has 1 heterocycles. The molecule has 4 heteroatoms. The van der Waals surface area contributed by atoms with Crippen LogP contribution in [-0.2, 0) is 0 Å². The molecule has 14 heavy (non-hydrogen) atoms. The van der Waals surface area contributed by atoms with Crippen molar-refractivity contribution in [2.24, 2.45) is 0 Å². The summed E-state index contributed by atoms with van der Waals surface area (Å²) in [5, 5.41) is 12.3. The van der Waals surface area contributed by atoms with Crippen LogP contribution >= 0.6 is 11.6 Å². The lowest BCUT2D eigenvalue weighted by atomic mass is 9.97. The minimum absolute atomic E-state index is 0.162. The zero-order valence-electron chi connectivity index (χ0n) is 7.46. The van der Waals surface area contributed by atoms with Crippen LogP contribution in [0.4, 0.5) is 0 Å². The van der Waals surface area contributed by atoms with Crippen LogP contribution in [0.1, 0.15) is 28.4 Å². The van der Waals surface area contributed by atoms with Gasteiger partial charge in [0.05, 0.1) is 10.6 Å². The fourth-order valence-electron chi connectivity index (χ4n) is 1.49. The second kappa shape index (κ2) is 3.59. The average Bonchev–Trinajstić information content (AvgIpc) is 2.00. The summed E-state index contributed by atoms with van der Waals surface area (Å²) in [5.74, 6) is -0.983. The fraction of sp³-hybridized carbons (Fsp3) is 0.300. The normalized spacial score (nSPS) is 20.2. The molecule has 0 amide bonds. The number of carboxylic acids is 1. The van der Waals surface area contributed by atoms with Crippen molar-refractivity contribution in [1.82, 2.24) is 5.32 Å². The van der Waals surface area contributed by atoms with Gasteiger partial charge in [-0.25, -0.2) is 4.79 Å². The zero-order valence-corrected chi connectivity index (χ0v) is 8.21. The summed E-state index contributed by atoms with van der Waals surface area (Å²) in [6.07, 6.45) is 1.09. The molecule has 2 rings (SSSR count). The number of carboxylic acid groups (broad SMARTS) is 1. The van der Waals surface area contributed by atoms with Gasteiger partial charge in [0, 0.05) is 6.04 Å². The number of hydrogen-bond acceptors (Lipinski definition) is 2. The molecule has 0 saturated carbocycles. The third-order valence-electron chi connectivity index (χ3n) is 2.45. The molecule has 0 radical (unpaired) electrons. The average molecular weight is 212 g/mol. The van der Waals surface area contributed by atoms with E-state index in [1.54, 1.807) is 12.1 Å². The highest BCUT2D eigenvalue weighted by atomic mass is 35.5. The van der Waals surface area contributed by atoms with E-state index in [1.807, 2.05) is 6.07 Å². The van der Waals surface area contributed by atoms with Gasteiger partial charge < -0.3 is 10.4 Å². The maximum absolute atomic E-state index is 10.7. The van der Waals surface area contributed by atoms with Crippen LogP contribution in [-0.4, -0.2) is 17.6 Å². The van der Waals surface area contributed by atoms with Crippen molar-refractivity contribution in [2.45, 2.75) is 12.5 Å². The maximum Gasteiger partial charge on any atom is 0.337 e. The molecule has 1 atom stereocenters. The Morgan fingerprint density at radius 3 is 2.71 bits per heavy atom. The van der Waals surface area contributed by atoms with Crippen molar-refractivity contribution in [2.75, 3.05) is 6.54 Å². The van der Waals surface area contributed by atoms with Gasteiger partial charge in [0.15, 0.2) is 0 Å². The van der Waals surface area contributed by atoms with Gasteiger partial charge in [0.1, 0.15) is 0 Å². The molecule has 0 aromatic heterocycles. The first kappa shape index (κ1) is 9.49. The molecule has 1 aliphatic rings. The SMILES string of the molecule is O=C(O)c1ccc([C@@H]2CCN2)cc1Cl. The van der Waals surface area contributed by atoms with Gasteiger partial charge in [-0.2, -0.15) is 0 Å². The molecule has 3 nitrogen and oxygen atoms in total. The molecule has 0 spiro atoms. The van der Waals surface area contributed by atoms with Crippen LogP contribution in [0.25, 0.3) is 0 Å². The van der Waals surface area contributed by atoms with Gasteiger partial charge in [0.2, 0.25) is 0 Å². The molecule has 1 fully saturated rings. The molecular formula is C10H10ClNO2. The van der Waals surface area contributed by atoms with Crippen LogP contribution < -0.4 is 5.32 Å². The Hall–Kier alpha value is -1.06. The van der Waals surface area contributed by atoms with Gasteiger partial charge in [-0.05, 0) is 30.7 Å². The lowest BCUT2D eigenvalue weighted by molar-refractivity contribution is 0.0697.